The van der Waals surface area contributed by atoms with E-state index in [1.165, 1.54) is 4.88 Å². The van der Waals surface area contributed by atoms with Gasteiger partial charge in [0.1, 0.15) is 0 Å². The molecule has 0 bridgehead atoms. The van der Waals surface area contributed by atoms with Gasteiger partial charge in [-0.2, -0.15) is 13.2 Å². The molecule has 0 aromatic carbocycles. The summed E-state index contributed by atoms with van der Waals surface area (Å²) in [5.74, 6) is -0.499. The number of thiazole rings is 1. The Hall–Kier alpha value is -1.31. The molecule has 4 nitrogen and oxygen atoms in total. The Labute approximate surface area is 145 Å². The molecular formula is C16H25F3N4S. The number of halogens is 3. The van der Waals surface area contributed by atoms with Gasteiger partial charge in [0.25, 0.3) is 0 Å². The van der Waals surface area contributed by atoms with Crippen molar-refractivity contribution in [3.8, 4) is 0 Å². The van der Waals surface area contributed by atoms with E-state index >= 15 is 0 Å². The van der Waals surface area contributed by atoms with Crippen LogP contribution in [0.4, 0.5) is 13.2 Å². The molecule has 2 rings (SSSR count). The van der Waals surface area contributed by atoms with Crippen molar-refractivity contribution in [2.24, 2.45) is 10.9 Å². The second kappa shape index (κ2) is 8.69. The Bertz CT molecular complexity index is 534. The third kappa shape index (κ3) is 5.65. The second-order valence-electron chi connectivity index (χ2n) is 6.06. The number of alkyl halides is 3. The van der Waals surface area contributed by atoms with E-state index in [9.17, 15) is 13.2 Å². The molecule has 0 amide bonds. The minimum Gasteiger partial charge on any atom is -0.356 e. The predicted octanol–water partition coefficient (Wildman–Crippen LogP) is 3.53. The Balaban J connectivity index is 1.71. The van der Waals surface area contributed by atoms with Crippen molar-refractivity contribution >= 4 is 17.3 Å². The molecule has 136 valence electrons. The van der Waals surface area contributed by atoms with Crippen molar-refractivity contribution in [1.29, 1.82) is 0 Å². The minimum atomic E-state index is -4.06. The zero-order chi connectivity index (χ0) is 17.6. The molecule has 0 spiro atoms. The molecule has 0 unspecified atom stereocenters. The Kier molecular flexibility index (Phi) is 6.89. The fourth-order valence-electron chi connectivity index (χ4n) is 2.87. The SMILES string of the molecule is CCc1cnc(CCNC(=NC)NC2CCC(C(F)(F)F)CC2)s1. The minimum absolute atomic E-state index is 0.0568. The van der Waals surface area contributed by atoms with Crippen LogP contribution in [0.1, 0.15) is 42.5 Å². The van der Waals surface area contributed by atoms with E-state index < -0.39 is 12.1 Å². The molecule has 1 aliphatic carbocycles. The fraction of sp³-hybridized carbons (Fsp3) is 0.750. The van der Waals surface area contributed by atoms with Crippen molar-refractivity contribution in [1.82, 2.24) is 15.6 Å². The number of aromatic nitrogens is 1. The smallest absolute Gasteiger partial charge is 0.356 e. The lowest BCUT2D eigenvalue weighted by Crippen LogP contribution is -2.46. The van der Waals surface area contributed by atoms with E-state index in [0.29, 0.717) is 25.3 Å². The number of hydrogen-bond donors (Lipinski definition) is 2. The van der Waals surface area contributed by atoms with Gasteiger partial charge in [-0.05, 0) is 32.1 Å². The molecule has 0 atom stereocenters. The number of aryl methyl sites for hydroxylation is 1. The quantitative estimate of drug-likeness (QED) is 0.622. The predicted molar refractivity (Wildman–Crippen MR) is 91.5 cm³/mol. The van der Waals surface area contributed by atoms with E-state index in [0.717, 1.165) is 17.8 Å². The molecule has 1 fully saturated rings. The molecular weight excluding hydrogens is 337 g/mol. The van der Waals surface area contributed by atoms with Crippen molar-refractivity contribution in [2.75, 3.05) is 13.6 Å². The number of rotatable bonds is 5. The van der Waals surface area contributed by atoms with Gasteiger partial charge in [-0.1, -0.05) is 6.92 Å². The van der Waals surface area contributed by atoms with Gasteiger partial charge in [-0.15, -0.1) is 11.3 Å². The van der Waals surface area contributed by atoms with Crippen LogP contribution >= 0.6 is 11.3 Å². The maximum atomic E-state index is 12.7. The van der Waals surface area contributed by atoms with Crippen LogP contribution in [0.15, 0.2) is 11.2 Å². The van der Waals surface area contributed by atoms with Gasteiger partial charge in [0.15, 0.2) is 5.96 Å². The number of guanidine groups is 1. The highest BCUT2D eigenvalue weighted by Crippen LogP contribution is 2.37. The van der Waals surface area contributed by atoms with Crippen LogP contribution in [0, 0.1) is 5.92 Å². The Morgan fingerprint density at radius 1 is 1.33 bits per heavy atom. The van der Waals surface area contributed by atoms with E-state index in [-0.39, 0.29) is 18.9 Å². The summed E-state index contributed by atoms with van der Waals surface area (Å²) in [6, 6.07) is 0.0568. The summed E-state index contributed by atoms with van der Waals surface area (Å²) in [4.78, 5) is 9.80. The number of aliphatic imine (C=N–C) groups is 1. The molecule has 0 radical (unpaired) electrons. The first-order chi connectivity index (χ1) is 11.4. The van der Waals surface area contributed by atoms with Gasteiger partial charge in [0.2, 0.25) is 0 Å². The first-order valence-corrected chi connectivity index (χ1v) is 9.21. The zero-order valence-corrected chi connectivity index (χ0v) is 14.9. The summed E-state index contributed by atoms with van der Waals surface area (Å²) < 4.78 is 38.1. The number of nitrogens with one attached hydrogen (secondary N) is 2. The first kappa shape index (κ1) is 19.0. The highest BCUT2D eigenvalue weighted by atomic mass is 32.1. The van der Waals surface area contributed by atoms with E-state index in [4.69, 9.17) is 0 Å². The largest absolute Gasteiger partial charge is 0.391 e. The van der Waals surface area contributed by atoms with Crippen molar-refractivity contribution in [3.05, 3.63) is 16.1 Å². The fourth-order valence-corrected chi connectivity index (χ4v) is 3.73. The van der Waals surface area contributed by atoms with E-state index in [1.54, 1.807) is 18.4 Å². The molecule has 1 aromatic rings. The molecule has 1 heterocycles. The van der Waals surface area contributed by atoms with Crippen LogP contribution < -0.4 is 10.6 Å². The number of nitrogens with zero attached hydrogens (tertiary/aromatic N) is 2. The average Bonchev–Trinajstić information content (AvgIpc) is 3.01. The topological polar surface area (TPSA) is 49.3 Å². The lowest BCUT2D eigenvalue weighted by Gasteiger charge is -2.31. The summed E-state index contributed by atoms with van der Waals surface area (Å²) >= 11 is 1.71. The highest BCUT2D eigenvalue weighted by Gasteiger charge is 2.41. The summed E-state index contributed by atoms with van der Waals surface area (Å²) in [7, 11) is 1.68. The second-order valence-corrected chi connectivity index (χ2v) is 7.26. The molecule has 0 saturated heterocycles. The number of hydrogen-bond acceptors (Lipinski definition) is 3. The maximum absolute atomic E-state index is 12.7. The lowest BCUT2D eigenvalue weighted by atomic mass is 9.85. The normalized spacial score (nSPS) is 22.5. The molecule has 24 heavy (non-hydrogen) atoms. The molecule has 0 aliphatic heterocycles. The first-order valence-electron chi connectivity index (χ1n) is 8.39. The monoisotopic (exact) mass is 362 g/mol. The van der Waals surface area contributed by atoms with Gasteiger partial charge in [-0.25, -0.2) is 4.98 Å². The van der Waals surface area contributed by atoms with Gasteiger partial charge >= 0.3 is 6.18 Å². The summed E-state index contributed by atoms with van der Waals surface area (Å²) in [5, 5.41) is 7.54. The van der Waals surface area contributed by atoms with Crippen LogP contribution in [0.25, 0.3) is 0 Å². The van der Waals surface area contributed by atoms with Gasteiger partial charge in [0.05, 0.1) is 10.9 Å². The summed E-state index contributed by atoms with van der Waals surface area (Å²) in [6.07, 6.45) is 1.09. The summed E-state index contributed by atoms with van der Waals surface area (Å²) in [6.45, 7) is 2.81. The molecule has 1 aliphatic rings. The van der Waals surface area contributed by atoms with Gasteiger partial charge in [-0.3, -0.25) is 4.99 Å². The average molecular weight is 362 g/mol. The van der Waals surface area contributed by atoms with Crippen LogP contribution in [-0.2, 0) is 12.8 Å². The van der Waals surface area contributed by atoms with Gasteiger partial charge < -0.3 is 10.6 Å². The molecule has 2 N–H and O–H groups in total. The van der Waals surface area contributed by atoms with Crippen LogP contribution in [-0.4, -0.2) is 36.8 Å². The van der Waals surface area contributed by atoms with Crippen molar-refractivity contribution in [2.45, 2.75) is 57.7 Å². The molecule has 1 aromatic heterocycles. The van der Waals surface area contributed by atoms with Crippen molar-refractivity contribution in [3.63, 3.8) is 0 Å². The molecule has 1 saturated carbocycles. The Morgan fingerprint density at radius 2 is 2.04 bits per heavy atom. The summed E-state index contributed by atoms with van der Waals surface area (Å²) in [5.41, 5.74) is 0. The van der Waals surface area contributed by atoms with Crippen LogP contribution in [0.2, 0.25) is 0 Å². The molecule has 8 heteroatoms. The maximum Gasteiger partial charge on any atom is 0.391 e. The van der Waals surface area contributed by atoms with E-state index in [1.807, 2.05) is 6.20 Å². The Morgan fingerprint density at radius 3 is 2.58 bits per heavy atom. The third-order valence-electron chi connectivity index (χ3n) is 4.34. The van der Waals surface area contributed by atoms with Crippen LogP contribution in [0.3, 0.4) is 0 Å². The standard InChI is InChI=1S/C16H25F3N4S/c1-3-13-10-22-14(24-13)8-9-21-15(20-2)23-12-6-4-11(5-7-12)16(17,18)19/h10-12H,3-9H2,1-2H3,(H2,20,21,23). The van der Waals surface area contributed by atoms with Crippen molar-refractivity contribution < 1.29 is 13.2 Å². The van der Waals surface area contributed by atoms with Gasteiger partial charge in [0, 0.05) is 37.1 Å². The lowest BCUT2D eigenvalue weighted by molar-refractivity contribution is -0.182. The third-order valence-corrected chi connectivity index (χ3v) is 5.54. The van der Waals surface area contributed by atoms with E-state index in [2.05, 4.69) is 27.5 Å². The van der Waals surface area contributed by atoms with Crippen LogP contribution in [0.5, 0.6) is 0 Å². The zero-order valence-electron chi connectivity index (χ0n) is 14.1. The highest BCUT2D eigenvalue weighted by molar-refractivity contribution is 7.11.